The number of aromatic nitrogens is 4. The Bertz CT molecular complexity index is 1260. The molecule has 2 aliphatic carbocycles. The summed E-state index contributed by atoms with van der Waals surface area (Å²) in [6, 6.07) is 3.77. The lowest BCUT2D eigenvalue weighted by atomic mass is 9.89. The van der Waals surface area contributed by atoms with Crippen molar-refractivity contribution in [3.63, 3.8) is 0 Å². The lowest BCUT2D eigenvalue weighted by Gasteiger charge is -2.28. The SMILES string of the molecule is O=C(c1cc(OCC2CCOCC2)nc(C2CC2)c1)N1CC2=C(C1)CN(C(=O)[C@@H]1CCc3n[nH]nc3C1)C2. The van der Waals surface area contributed by atoms with Crippen LogP contribution in [0.25, 0.3) is 0 Å². The van der Waals surface area contributed by atoms with Gasteiger partial charge >= 0.3 is 0 Å². The molecule has 1 saturated carbocycles. The van der Waals surface area contributed by atoms with Crippen molar-refractivity contribution in [2.75, 3.05) is 46.0 Å². The fraction of sp³-hybridized carbons (Fsp3) is 0.607. The predicted molar refractivity (Wildman–Crippen MR) is 137 cm³/mol. The number of nitrogens with zero attached hydrogens (tertiary/aromatic N) is 5. The van der Waals surface area contributed by atoms with Crippen molar-refractivity contribution in [1.82, 2.24) is 30.2 Å². The first kappa shape index (κ1) is 23.8. The van der Waals surface area contributed by atoms with Gasteiger partial charge in [-0.1, -0.05) is 0 Å². The number of H-pyrrole nitrogens is 1. The van der Waals surface area contributed by atoms with Crippen LogP contribution >= 0.6 is 0 Å². The Labute approximate surface area is 221 Å². The summed E-state index contributed by atoms with van der Waals surface area (Å²) in [7, 11) is 0. The zero-order valence-corrected chi connectivity index (χ0v) is 21.7. The number of hydrogen-bond acceptors (Lipinski definition) is 7. The third kappa shape index (κ3) is 4.70. The van der Waals surface area contributed by atoms with E-state index in [-0.39, 0.29) is 17.7 Å². The molecule has 1 atom stereocenters. The van der Waals surface area contributed by atoms with Crippen molar-refractivity contribution in [2.24, 2.45) is 11.8 Å². The molecule has 2 aromatic rings. The minimum atomic E-state index is -0.0393. The maximum atomic E-state index is 13.6. The maximum absolute atomic E-state index is 13.6. The summed E-state index contributed by atoms with van der Waals surface area (Å²) in [5.74, 6) is 1.63. The van der Waals surface area contributed by atoms with E-state index in [1.54, 1.807) is 0 Å². The van der Waals surface area contributed by atoms with Crippen molar-refractivity contribution in [3.8, 4) is 5.88 Å². The lowest BCUT2D eigenvalue weighted by Crippen LogP contribution is -2.40. The monoisotopic (exact) mass is 518 g/mol. The van der Waals surface area contributed by atoms with Crippen LogP contribution in [0.3, 0.4) is 0 Å². The second-order valence-electron chi connectivity index (χ2n) is 11.5. The highest BCUT2D eigenvalue weighted by Gasteiger charge is 2.38. The molecule has 38 heavy (non-hydrogen) atoms. The Hall–Kier alpha value is -3.27. The number of aromatic amines is 1. The van der Waals surface area contributed by atoms with Gasteiger partial charge < -0.3 is 19.3 Å². The van der Waals surface area contributed by atoms with Gasteiger partial charge in [-0.05, 0) is 61.7 Å². The van der Waals surface area contributed by atoms with Gasteiger partial charge in [0.15, 0.2) is 0 Å². The van der Waals surface area contributed by atoms with E-state index in [0.717, 1.165) is 68.8 Å². The number of pyridine rings is 1. The zero-order chi connectivity index (χ0) is 25.6. The molecule has 2 amide bonds. The van der Waals surface area contributed by atoms with Gasteiger partial charge in [0.25, 0.3) is 5.91 Å². The van der Waals surface area contributed by atoms with E-state index in [1.807, 2.05) is 21.9 Å². The summed E-state index contributed by atoms with van der Waals surface area (Å²) >= 11 is 0. The fourth-order valence-corrected chi connectivity index (χ4v) is 6.24. The molecule has 3 aliphatic heterocycles. The van der Waals surface area contributed by atoms with Crippen LogP contribution in [-0.2, 0) is 22.4 Å². The van der Waals surface area contributed by atoms with Crippen molar-refractivity contribution in [1.29, 1.82) is 0 Å². The van der Waals surface area contributed by atoms with Crippen LogP contribution in [0, 0.1) is 11.8 Å². The molecule has 0 aromatic carbocycles. The van der Waals surface area contributed by atoms with E-state index in [2.05, 4.69) is 15.4 Å². The topological polar surface area (TPSA) is 114 Å². The molecule has 1 saturated heterocycles. The average molecular weight is 519 g/mol. The number of amides is 2. The highest BCUT2D eigenvalue weighted by atomic mass is 16.5. The van der Waals surface area contributed by atoms with Gasteiger partial charge in [-0.2, -0.15) is 15.4 Å². The molecule has 0 bridgehead atoms. The van der Waals surface area contributed by atoms with Gasteiger partial charge in [0.1, 0.15) is 0 Å². The Morgan fingerprint density at radius 2 is 1.68 bits per heavy atom. The molecule has 0 radical (unpaired) electrons. The van der Waals surface area contributed by atoms with Crippen molar-refractivity contribution < 1.29 is 19.1 Å². The quantitative estimate of drug-likeness (QED) is 0.584. The molecule has 7 rings (SSSR count). The van der Waals surface area contributed by atoms with Crippen molar-refractivity contribution >= 4 is 11.8 Å². The minimum absolute atomic E-state index is 0.0170. The van der Waals surface area contributed by atoms with Gasteiger partial charge in [0.2, 0.25) is 11.8 Å². The van der Waals surface area contributed by atoms with Crippen LogP contribution < -0.4 is 4.74 Å². The average Bonchev–Trinajstić information content (AvgIpc) is 3.37. The molecule has 5 heterocycles. The first-order valence-corrected chi connectivity index (χ1v) is 14.0. The number of carbonyl (C=O) groups excluding carboxylic acids is 2. The number of fused-ring (bicyclic) bond motifs is 1. The van der Waals surface area contributed by atoms with Crippen molar-refractivity contribution in [2.45, 2.75) is 50.9 Å². The first-order chi connectivity index (χ1) is 18.6. The van der Waals surface area contributed by atoms with Crippen molar-refractivity contribution in [3.05, 3.63) is 45.9 Å². The molecular formula is C28H34N6O4. The van der Waals surface area contributed by atoms with Gasteiger partial charge in [-0.3, -0.25) is 9.59 Å². The third-order valence-corrected chi connectivity index (χ3v) is 8.72. The van der Waals surface area contributed by atoms with Crippen LogP contribution in [0.1, 0.15) is 65.5 Å². The predicted octanol–water partition coefficient (Wildman–Crippen LogP) is 2.28. The fourth-order valence-electron chi connectivity index (χ4n) is 6.24. The van der Waals surface area contributed by atoms with Crippen LogP contribution in [0.5, 0.6) is 5.88 Å². The summed E-state index contributed by atoms with van der Waals surface area (Å²) in [6.07, 6.45) is 6.50. The number of carbonyl (C=O) groups is 2. The molecule has 5 aliphatic rings. The highest BCUT2D eigenvalue weighted by molar-refractivity contribution is 5.95. The van der Waals surface area contributed by atoms with Gasteiger partial charge in [0.05, 0.1) is 18.0 Å². The Kier molecular flexibility index (Phi) is 6.14. The van der Waals surface area contributed by atoms with Gasteiger partial charge in [0, 0.05) is 75.0 Å². The zero-order valence-electron chi connectivity index (χ0n) is 21.7. The minimum Gasteiger partial charge on any atom is -0.477 e. The van der Waals surface area contributed by atoms with E-state index in [4.69, 9.17) is 14.5 Å². The van der Waals surface area contributed by atoms with E-state index in [9.17, 15) is 9.59 Å². The Balaban J connectivity index is 0.981. The molecule has 2 aromatic heterocycles. The summed E-state index contributed by atoms with van der Waals surface area (Å²) in [5.41, 5.74) is 5.95. The largest absolute Gasteiger partial charge is 0.477 e. The standard InChI is InChI=1S/C28H34N6O4/c35-27(19-3-4-23-25(9-19)31-32-30-23)33-12-21-14-34(15-22(21)13-33)28(36)20-10-24(18-1-2-18)29-26(11-20)38-16-17-5-7-37-8-6-17/h10-11,17-19H,1-9,12-16H2,(H,30,31,32)/t19-/m1/s1. The molecule has 200 valence electrons. The maximum Gasteiger partial charge on any atom is 0.254 e. The van der Waals surface area contributed by atoms with Crippen LogP contribution in [0.15, 0.2) is 23.3 Å². The van der Waals surface area contributed by atoms with Gasteiger partial charge in [-0.25, -0.2) is 4.98 Å². The Morgan fingerprint density at radius 1 is 0.947 bits per heavy atom. The van der Waals surface area contributed by atoms with Crippen LogP contribution in [0.2, 0.25) is 0 Å². The summed E-state index contributed by atoms with van der Waals surface area (Å²) < 4.78 is 11.6. The number of aryl methyl sites for hydroxylation is 1. The molecule has 10 heteroatoms. The normalized spacial score (nSPS) is 23.5. The number of ether oxygens (including phenoxy) is 2. The second-order valence-corrected chi connectivity index (χ2v) is 11.5. The lowest BCUT2D eigenvalue weighted by molar-refractivity contribution is -0.134. The van der Waals surface area contributed by atoms with E-state index >= 15 is 0 Å². The summed E-state index contributed by atoms with van der Waals surface area (Å²) in [5, 5.41) is 11.1. The summed E-state index contributed by atoms with van der Waals surface area (Å²) in [4.78, 5) is 35.4. The van der Waals surface area contributed by atoms with E-state index in [1.165, 1.54) is 11.1 Å². The first-order valence-electron chi connectivity index (χ1n) is 14.0. The highest BCUT2D eigenvalue weighted by Crippen LogP contribution is 2.40. The van der Waals surface area contributed by atoms with Crippen LogP contribution in [-0.4, -0.2) is 88.0 Å². The third-order valence-electron chi connectivity index (χ3n) is 8.72. The Morgan fingerprint density at radius 3 is 2.45 bits per heavy atom. The van der Waals surface area contributed by atoms with E-state index in [0.29, 0.717) is 62.5 Å². The van der Waals surface area contributed by atoms with Crippen LogP contribution in [0.4, 0.5) is 0 Å². The molecular weight excluding hydrogens is 484 g/mol. The molecule has 10 nitrogen and oxygen atoms in total. The number of nitrogens with one attached hydrogen (secondary N) is 1. The summed E-state index contributed by atoms with van der Waals surface area (Å²) in [6.45, 7) is 4.57. The molecule has 0 spiro atoms. The van der Waals surface area contributed by atoms with E-state index < -0.39 is 0 Å². The second kappa shape index (κ2) is 9.80. The van der Waals surface area contributed by atoms with Gasteiger partial charge in [-0.15, -0.1) is 0 Å². The number of rotatable bonds is 6. The molecule has 1 N–H and O–H groups in total. The number of hydrogen-bond donors (Lipinski definition) is 1. The molecule has 2 fully saturated rings. The smallest absolute Gasteiger partial charge is 0.254 e. The molecule has 0 unspecified atom stereocenters.